The van der Waals surface area contributed by atoms with E-state index in [1.165, 1.54) is 0 Å². The molecule has 2 unspecified atom stereocenters. The molecule has 1 radical (unpaired) electrons. The van der Waals surface area contributed by atoms with Crippen LogP contribution in [-0.2, 0) is 4.79 Å². The van der Waals surface area contributed by atoms with Gasteiger partial charge in [-0.2, -0.15) is 0 Å². The number of benzene rings is 1. The second-order valence-corrected chi connectivity index (χ2v) is 4.53. The molecule has 1 amide bonds. The Hall–Kier alpha value is -1.84. The Morgan fingerprint density at radius 1 is 1.61 bits per heavy atom. The van der Waals surface area contributed by atoms with Crippen LogP contribution in [0, 0.1) is 23.3 Å². The van der Waals surface area contributed by atoms with E-state index in [0.29, 0.717) is 18.7 Å². The third-order valence-corrected chi connectivity index (χ3v) is 2.72. The van der Waals surface area contributed by atoms with Crippen molar-refractivity contribution in [3.05, 3.63) is 30.3 Å². The molecule has 1 aromatic carbocycles. The van der Waals surface area contributed by atoms with E-state index in [1.54, 1.807) is 19.1 Å². The van der Waals surface area contributed by atoms with Gasteiger partial charge in [-0.1, -0.05) is 19.1 Å². The summed E-state index contributed by atoms with van der Waals surface area (Å²) < 4.78 is 5.57. The van der Waals surface area contributed by atoms with Gasteiger partial charge < -0.3 is 15.9 Å². The number of carbonyl (C=O) groups is 1. The predicted octanol–water partition coefficient (Wildman–Crippen LogP) is 2.03. The van der Waals surface area contributed by atoms with Gasteiger partial charge in [-0.25, -0.2) is 0 Å². The van der Waals surface area contributed by atoms with Crippen molar-refractivity contribution in [3.63, 3.8) is 0 Å². The lowest BCUT2D eigenvalue weighted by atomic mass is 9.92. The average Bonchev–Trinajstić information content (AvgIpc) is 2.34. The molecule has 3 N–H and O–H groups in total. The number of ether oxygens (including phenoxy) is 1. The maximum atomic E-state index is 11.2. The van der Waals surface area contributed by atoms with Crippen LogP contribution in [0.25, 0.3) is 0 Å². The Morgan fingerprint density at radius 2 is 2.33 bits per heavy atom. The van der Waals surface area contributed by atoms with Gasteiger partial charge in [0.25, 0.3) is 0 Å². The van der Waals surface area contributed by atoms with Gasteiger partial charge in [0.15, 0.2) is 0 Å². The number of hydrogen-bond donors (Lipinski definition) is 2. The van der Waals surface area contributed by atoms with Crippen molar-refractivity contribution >= 4 is 11.6 Å². The highest BCUT2D eigenvalue weighted by Crippen LogP contribution is 2.16. The van der Waals surface area contributed by atoms with E-state index < -0.39 is 11.8 Å². The van der Waals surface area contributed by atoms with Crippen LogP contribution in [0.15, 0.2) is 24.3 Å². The molecule has 0 spiro atoms. The number of primary amides is 1. The zero-order valence-electron chi connectivity index (χ0n) is 10.8. The highest BCUT2D eigenvalue weighted by Gasteiger charge is 2.20. The molecule has 1 aromatic rings. The summed E-state index contributed by atoms with van der Waals surface area (Å²) in [5.41, 5.74) is 5.58. The largest absolute Gasteiger partial charge is 0.493 e. The minimum Gasteiger partial charge on any atom is -0.493 e. The minimum absolute atomic E-state index is 0.156. The first-order valence-electron chi connectivity index (χ1n) is 5.94. The van der Waals surface area contributed by atoms with Gasteiger partial charge in [0.2, 0.25) is 5.91 Å². The first-order chi connectivity index (χ1) is 8.50. The van der Waals surface area contributed by atoms with E-state index in [0.717, 1.165) is 5.75 Å². The zero-order chi connectivity index (χ0) is 13.5. The van der Waals surface area contributed by atoms with Crippen LogP contribution >= 0.6 is 0 Å². The third kappa shape index (κ3) is 4.57. The normalized spacial score (nSPS) is 13.7. The molecule has 0 aliphatic heterocycles. The van der Waals surface area contributed by atoms with Crippen molar-refractivity contribution in [1.29, 1.82) is 5.41 Å². The first-order valence-corrected chi connectivity index (χ1v) is 5.94. The number of hydrogen-bond acceptors (Lipinski definition) is 3. The van der Waals surface area contributed by atoms with Crippen LogP contribution in [0.3, 0.4) is 0 Å². The van der Waals surface area contributed by atoms with Gasteiger partial charge in [-0.05, 0) is 37.5 Å². The quantitative estimate of drug-likeness (QED) is 0.723. The third-order valence-electron chi connectivity index (χ3n) is 2.72. The maximum Gasteiger partial charge on any atom is 0.226 e. The molecule has 4 heteroatoms. The molecule has 0 aromatic heterocycles. The van der Waals surface area contributed by atoms with Gasteiger partial charge in [-0.15, -0.1) is 0 Å². The topological polar surface area (TPSA) is 76.2 Å². The van der Waals surface area contributed by atoms with E-state index in [9.17, 15) is 4.79 Å². The lowest BCUT2D eigenvalue weighted by molar-refractivity contribution is -0.120. The van der Waals surface area contributed by atoms with Gasteiger partial charge in [0.05, 0.1) is 12.5 Å². The monoisotopic (exact) mass is 247 g/mol. The molecule has 18 heavy (non-hydrogen) atoms. The molecule has 1 rings (SSSR count). The lowest BCUT2D eigenvalue weighted by Gasteiger charge is -2.18. The fourth-order valence-electron chi connectivity index (χ4n) is 1.68. The summed E-state index contributed by atoms with van der Waals surface area (Å²) in [6.45, 7) is 4.08. The summed E-state index contributed by atoms with van der Waals surface area (Å²) in [5, 5.41) is 7.52. The van der Waals surface area contributed by atoms with Crippen molar-refractivity contribution in [2.45, 2.75) is 20.3 Å². The van der Waals surface area contributed by atoms with Crippen LogP contribution in [0.2, 0.25) is 0 Å². The molecular formula is C14H19N2O2. The number of nitrogens with two attached hydrogens (primary N) is 1. The van der Waals surface area contributed by atoms with Crippen LogP contribution in [0.5, 0.6) is 5.75 Å². The fraction of sp³-hybridized carbons (Fsp3) is 0.429. The average molecular weight is 247 g/mol. The van der Waals surface area contributed by atoms with Gasteiger partial charge in [-0.3, -0.25) is 4.79 Å². The molecule has 0 saturated heterocycles. The summed E-state index contributed by atoms with van der Waals surface area (Å²) in [4.78, 5) is 11.2. The van der Waals surface area contributed by atoms with E-state index >= 15 is 0 Å². The number of nitrogens with one attached hydrogen (secondary N) is 1. The Balaban J connectivity index is 2.44. The number of carbonyl (C=O) groups excluding carboxylic acids is 1. The molecule has 0 fully saturated rings. The minimum atomic E-state index is -0.495. The standard InChI is InChI=1S/C14H19N2O2/c1-10(8-13(11(2)15)14(16)17)9-18-12-6-4-3-5-7-12/h3-4,6-7,10,13,15H,8-9H2,1-2H3,(H2,16,17). The maximum absolute atomic E-state index is 11.2. The van der Waals surface area contributed by atoms with Crippen molar-refractivity contribution in [1.82, 2.24) is 0 Å². The highest BCUT2D eigenvalue weighted by molar-refractivity contribution is 6.00. The fourth-order valence-corrected chi connectivity index (χ4v) is 1.68. The van der Waals surface area contributed by atoms with Crippen molar-refractivity contribution in [2.75, 3.05) is 6.61 Å². The molecular weight excluding hydrogens is 228 g/mol. The summed E-state index contributed by atoms with van der Waals surface area (Å²) in [6, 6.07) is 10.2. The van der Waals surface area contributed by atoms with Crippen LogP contribution in [0.1, 0.15) is 20.3 Å². The Morgan fingerprint density at radius 3 is 2.83 bits per heavy atom. The smallest absolute Gasteiger partial charge is 0.226 e. The van der Waals surface area contributed by atoms with E-state index in [2.05, 4.69) is 6.07 Å². The second-order valence-electron chi connectivity index (χ2n) is 4.53. The van der Waals surface area contributed by atoms with E-state index in [-0.39, 0.29) is 5.92 Å². The van der Waals surface area contributed by atoms with Crippen LogP contribution in [-0.4, -0.2) is 18.2 Å². The molecule has 4 nitrogen and oxygen atoms in total. The zero-order valence-corrected chi connectivity index (χ0v) is 10.8. The highest BCUT2D eigenvalue weighted by atomic mass is 16.5. The van der Waals surface area contributed by atoms with Gasteiger partial charge >= 0.3 is 0 Å². The summed E-state index contributed by atoms with van der Waals surface area (Å²) in [5.74, 6) is -0.0251. The Bertz CT molecular complexity index is 390. The molecule has 2 atom stereocenters. The van der Waals surface area contributed by atoms with Crippen LogP contribution in [0.4, 0.5) is 0 Å². The van der Waals surface area contributed by atoms with Crippen LogP contribution < -0.4 is 10.5 Å². The van der Waals surface area contributed by atoms with E-state index in [4.69, 9.17) is 15.9 Å². The molecule has 0 aliphatic rings. The predicted molar refractivity (Wildman–Crippen MR) is 70.6 cm³/mol. The molecule has 0 heterocycles. The van der Waals surface area contributed by atoms with Gasteiger partial charge in [0, 0.05) is 5.71 Å². The number of amides is 1. The lowest BCUT2D eigenvalue weighted by Crippen LogP contribution is -2.31. The summed E-state index contributed by atoms with van der Waals surface area (Å²) in [6.07, 6.45) is 0.543. The van der Waals surface area contributed by atoms with Crippen molar-refractivity contribution in [2.24, 2.45) is 17.6 Å². The molecule has 0 aliphatic carbocycles. The van der Waals surface area contributed by atoms with Crippen molar-refractivity contribution < 1.29 is 9.53 Å². The second kappa shape index (κ2) is 6.79. The number of rotatable bonds is 7. The first kappa shape index (κ1) is 14.2. The summed E-state index contributed by atoms with van der Waals surface area (Å²) in [7, 11) is 0. The molecule has 0 bridgehead atoms. The van der Waals surface area contributed by atoms with E-state index in [1.807, 2.05) is 19.1 Å². The molecule has 97 valence electrons. The SMILES string of the molecule is CC(=N)C(CC(C)COc1c[c]ccc1)C(N)=O. The summed E-state index contributed by atoms with van der Waals surface area (Å²) >= 11 is 0. The molecule has 0 saturated carbocycles. The van der Waals surface area contributed by atoms with Crippen molar-refractivity contribution in [3.8, 4) is 5.75 Å². The van der Waals surface area contributed by atoms with Gasteiger partial charge in [0.1, 0.15) is 5.75 Å². The Labute approximate surface area is 108 Å². The Kier molecular flexibility index (Phi) is 5.36.